The molecule has 4 nitrogen and oxygen atoms in total. The third kappa shape index (κ3) is 2.57. The van der Waals surface area contributed by atoms with E-state index in [1.54, 1.807) is 6.20 Å². The Balaban J connectivity index is 1.96. The summed E-state index contributed by atoms with van der Waals surface area (Å²) in [6.45, 7) is 3.21. The molecule has 1 aliphatic heterocycles. The first-order valence-corrected chi connectivity index (χ1v) is 7.34. The van der Waals surface area contributed by atoms with E-state index in [0.717, 1.165) is 36.6 Å². The third-order valence-corrected chi connectivity index (χ3v) is 4.13. The second kappa shape index (κ2) is 5.27. The maximum Gasteiger partial charge on any atom is 0.160 e. The zero-order chi connectivity index (χ0) is 13.4. The number of hydrogen-bond donors (Lipinski definition) is 0. The predicted molar refractivity (Wildman–Crippen MR) is 77.7 cm³/mol. The van der Waals surface area contributed by atoms with Crippen molar-refractivity contribution in [3.05, 3.63) is 23.1 Å². The first kappa shape index (κ1) is 13.2. The Morgan fingerprint density at radius 3 is 3.00 bits per heavy atom. The molecule has 1 saturated heterocycles. The molecule has 0 saturated carbocycles. The highest BCUT2D eigenvalue weighted by Crippen LogP contribution is 2.23. The minimum atomic E-state index is 0.399. The molecule has 2 aromatic heterocycles. The van der Waals surface area contributed by atoms with Crippen LogP contribution in [0.4, 0.5) is 0 Å². The molecule has 102 valence electrons. The Bertz CT molecular complexity index is 596. The third-order valence-electron chi connectivity index (χ3n) is 3.68. The van der Waals surface area contributed by atoms with Crippen LogP contribution in [0.5, 0.6) is 0 Å². The van der Waals surface area contributed by atoms with Crippen LogP contribution in [0.2, 0.25) is 5.02 Å². The highest BCUT2D eigenvalue weighted by molar-refractivity contribution is 6.31. The van der Waals surface area contributed by atoms with Gasteiger partial charge in [0.15, 0.2) is 5.65 Å². The maximum absolute atomic E-state index is 6.00. The zero-order valence-corrected chi connectivity index (χ0v) is 12.3. The summed E-state index contributed by atoms with van der Waals surface area (Å²) < 4.78 is 2.14. The number of hydrogen-bond acceptors (Lipinski definition) is 3. The number of likely N-dealkylation sites (tertiary alicyclic amines) is 1. The number of halogens is 2. The topological polar surface area (TPSA) is 34.0 Å². The van der Waals surface area contributed by atoms with Gasteiger partial charge in [0.2, 0.25) is 0 Å². The molecule has 6 heteroatoms. The summed E-state index contributed by atoms with van der Waals surface area (Å²) in [5.74, 6) is 1.92. The van der Waals surface area contributed by atoms with Crippen molar-refractivity contribution in [3.63, 3.8) is 0 Å². The highest BCUT2D eigenvalue weighted by atomic mass is 35.5. The number of nitrogens with zero attached hydrogens (tertiary/aromatic N) is 4. The summed E-state index contributed by atoms with van der Waals surface area (Å²) in [6.07, 6.45) is 2.88. The molecule has 0 bridgehead atoms. The average Bonchev–Trinajstić information content (AvgIpc) is 2.94. The van der Waals surface area contributed by atoms with E-state index in [2.05, 4.69) is 26.5 Å². The normalized spacial score (nSPS) is 20.5. The Labute approximate surface area is 122 Å². The minimum Gasteiger partial charge on any atom is -0.311 e. The number of aromatic nitrogens is 3. The fraction of sp³-hybridized carbons (Fsp3) is 0.538. The van der Waals surface area contributed by atoms with Crippen LogP contribution in [0.25, 0.3) is 11.2 Å². The molecular weight excluding hydrogens is 283 g/mol. The first-order chi connectivity index (χ1) is 9.17. The molecule has 0 aromatic carbocycles. The van der Waals surface area contributed by atoms with Gasteiger partial charge in [0.25, 0.3) is 0 Å². The van der Waals surface area contributed by atoms with E-state index in [-0.39, 0.29) is 0 Å². The molecule has 0 amide bonds. The van der Waals surface area contributed by atoms with Crippen LogP contribution < -0.4 is 0 Å². The van der Waals surface area contributed by atoms with Crippen LogP contribution in [-0.4, -0.2) is 39.6 Å². The summed E-state index contributed by atoms with van der Waals surface area (Å²) in [7, 11) is 2.16. The van der Waals surface area contributed by atoms with Crippen molar-refractivity contribution in [1.82, 2.24) is 19.4 Å². The SMILES string of the molecule is CN1CCC(Cn2c(CCl)nc3cc(Cl)cnc32)C1. The Morgan fingerprint density at radius 1 is 1.47 bits per heavy atom. The lowest BCUT2D eigenvalue weighted by Gasteiger charge is -2.13. The largest absolute Gasteiger partial charge is 0.311 e. The van der Waals surface area contributed by atoms with Crippen LogP contribution in [0.3, 0.4) is 0 Å². The van der Waals surface area contributed by atoms with Crippen molar-refractivity contribution in [2.24, 2.45) is 5.92 Å². The molecule has 3 heterocycles. The van der Waals surface area contributed by atoms with E-state index in [9.17, 15) is 0 Å². The van der Waals surface area contributed by atoms with Gasteiger partial charge >= 0.3 is 0 Å². The molecule has 19 heavy (non-hydrogen) atoms. The van der Waals surface area contributed by atoms with Crippen LogP contribution in [0.15, 0.2) is 12.3 Å². The molecule has 3 rings (SSSR count). The van der Waals surface area contributed by atoms with Gasteiger partial charge in [-0.3, -0.25) is 0 Å². The lowest BCUT2D eigenvalue weighted by Crippen LogP contribution is -2.18. The van der Waals surface area contributed by atoms with Crippen molar-refractivity contribution in [3.8, 4) is 0 Å². The van der Waals surface area contributed by atoms with E-state index in [1.807, 2.05) is 6.07 Å². The second-order valence-corrected chi connectivity index (χ2v) is 5.89. The number of imidazole rings is 1. The highest BCUT2D eigenvalue weighted by Gasteiger charge is 2.22. The molecule has 1 fully saturated rings. The molecule has 0 N–H and O–H groups in total. The Morgan fingerprint density at radius 2 is 2.32 bits per heavy atom. The average molecular weight is 299 g/mol. The van der Waals surface area contributed by atoms with Gasteiger partial charge in [0, 0.05) is 19.3 Å². The fourth-order valence-corrected chi connectivity index (χ4v) is 3.12. The lowest BCUT2D eigenvalue weighted by molar-refractivity contribution is 0.378. The quantitative estimate of drug-likeness (QED) is 0.817. The van der Waals surface area contributed by atoms with Gasteiger partial charge in [-0.25, -0.2) is 9.97 Å². The van der Waals surface area contributed by atoms with Gasteiger partial charge in [-0.05, 0) is 32.0 Å². The van der Waals surface area contributed by atoms with Gasteiger partial charge < -0.3 is 9.47 Å². The zero-order valence-electron chi connectivity index (χ0n) is 10.8. The van der Waals surface area contributed by atoms with E-state index in [1.165, 1.54) is 6.42 Å². The van der Waals surface area contributed by atoms with E-state index < -0.39 is 0 Å². The standard InChI is InChI=1S/C13H16Cl2N4/c1-18-3-2-9(7-18)8-19-12(5-14)17-11-4-10(15)6-16-13(11)19/h4,6,9H,2-3,5,7-8H2,1H3. The van der Waals surface area contributed by atoms with Crippen molar-refractivity contribution in [2.75, 3.05) is 20.1 Å². The molecule has 1 aliphatic rings. The van der Waals surface area contributed by atoms with Crippen LogP contribution in [-0.2, 0) is 12.4 Å². The molecule has 0 spiro atoms. The number of alkyl halides is 1. The molecule has 1 unspecified atom stereocenters. The summed E-state index contributed by atoms with van der Waals surface area (Å²) in [5, 5.41) is 0.610. The van der Waals surface area contributed by atoms with E-state index >= 15 is 0 Å². The van der Waals surface area contributed by atoms with Crippen molar-refractivity contribution < 1.29 is 0 Å². The molecule has 0 radical (unpaired) electrons. The summed E-state index contributed by atoms with van der Waals surface area (Å²) >= 11 is 12.0. The molecule has 2 aromatic rings. The minimum absolute atomic E-state index is 0.399. The van der Waals surface area contributed by atoms with E-state index in [0.29, 0.717) is 16.8 Å². The van der Waals surface area contributed by atoms with Gasteiger partial charge in [0.05, 0.1) is 10.9 Å². The Hall–Kier alpha value is -0.840. The van der Waals surface area contributed by atoms with Crippen molar-refractivity contribution >= 4 is 34.4 Å². The number of pyridine rings is 1. The predicted octanol–water partition coefficient (Wildman–Crippen LogP) is 2.78. The van der Waals surface area contributed by atoms with Crippen LogP contribution in [0, 0.1) is 5.92 Å². The van der Waals surface area contributed by atoms with Gasteiger partial charge in [-0.1, -0.05) is 11.6 Å². The summed E-state index contributed by atoms with van der Waals surface area (Å²) in [5.41, 5.74) is 1.71. The Kier molecular flexibility index (Phi) is 3.65. The van der Waals surface area contributed by atoms with Crippen molar-refractivity contribution in [2.45, 2.75) is 18.8 Å². The maximum atomic E-state index is 6.00. The molecule has 0 aliphatic carbocycles. The van der Waals surface area contributed by atoms with Gasteiger partial charge in [0.1, 0.15) is 11.3 Å². The van der Waals surface area contributed by atoms with Crippen LogP contribution >= 0.6 is 23.2 Å². The van der Waals surface area contributed by atoms with Crippen molar-refractivity contribution in [1.29, 1.82) is 0 Å². The molecule has 1 atom stereocenters. The fourth-order valence-electron chi connectivity index (χ4n) is 2.76. The van der Waals surface area contributed by atoms with Gasteiger partial charge in [-0.15, -0.1) is 11.6 Å². The summed E-state index contributed by atoms with van der Waals surface area (Å²) in [6, 6.07) is 1.84. The summed E-state index contributed by atoms with van der Waals surface area (Å²) in [4.78, 5) is 11.3. The number of fused-ring (bicyclic) bond motifs is 1. The second-order valence-electron chi connectivity index (χ2n) is 5.19. The first-order valence-electron chi connectivity index (χ1n) is 6.42. The monoisotopic (exact) mass is 298 g/mol. The number of rotatable bonds is 3. The lowest BCUT2D eigenvalue weighted by atomic mass is 10.1. The van der Waals surface area contributed by atoms with Gasteiger partial charge in [-0.2, -0.15) is 0 Å². The van der Waals surface area contributed by atoms with Crippen LogP contribution in [0.1, 0.15) is 12.2 Å². The molecular formula is C13H16Cl2N4. The smallest absolute Gasteiger partial charge is 0.160 e. The van der Waals surface area contributed by atoms with E-state index in [4.69, 9.17) is 23.2 Å².